The van der Waals surface area contributed by atoms with Gasteiger partial charge in [0.2, 0.25) is 5.76 Å². The topological polar surface area (TPSA) is 112 Å². The molecule has 1 aromatic heterocycles. The summed E-state index contributed by atoms with van der Waals surface area (Å²) in [5.74, 6) is -1.87. The predicted molar refractivity (Wildman–Crippen MR) is 90.5 cm³/mol. The zero-order valence-electron chi connectivity index (χ0n) is 13.2. The van der Waals surface area contributed by atoms with E-state index in [4.69, 9.17) is 10.2 Å². The van der Waals surface area contributed by atoms with Crippen molar-refractivity contribution < 1.29 is 23.5 Å². The van der Waals surface area contributed by atoms with Gasteiger partial charge in [-0.1, -0.05) is 12.1 Å². The van der Waals surface area contributed by atoms with Crippen molar-refractivity contribution in [3.8, 4) is 0 Å². The summed E-state index contributed by atoms with van der Waals surface area (Å²) in [4.78, 5) is 35.5. The van der Waals surface area contributed by atoms with Gasteiger partial charge >= 0.3 is 5.97 Å². The molecular formula is C18H14N2O5. The van der Waals surface area contributed by atoms with E-state index in [9.17, 15) is 14.4 Å². The summed E-state index contributed by atoms with van der Waals surface area (Å²) in [6.45, 7) is 0. The van der Waals surface area contributed by atoms with Crippen LogP contribution in [0.4, 0.5) is 5.69 Å². The summed E-state index contributed by atoms with van der Waals surface area (Å²) in [6.07, 6.45) is 0. The minimum Gasteiger partial charge on any atom is -0.465 e. The number of methoxy groups -OCH3 is 1. The van der Waals surface area contributed by atoms with Crippen LogP contribution in [-0.2, 0) is 4.74 Å². The number of nitrogens with two attached hydrogens (primary N) is 1. The molecular weight excluding hydrogens is 324 g/mol. The maximum absolute atomic E-state index is 12.5. The van der Waals surface area contributed by atoms with Crippen molar-refractivity contribution >= 4 is 34.4 Å². The molecule has 1 heterocycles. The average Bonchev–Trinajstić information content (AvgIpc) is 3.00. The lowest BCUT2D eigenvalue weighted by atomic mass is 10.1. The van der Waals surface area contributed by atoms with Crippen molar-refractivity contribution in [2.45, 2.75) is 0 Å². The number of carbonyl (C=O) groups is 3. The van der Waals surface area contributed by atoms with E-state index in [-0.39, 0.29) is 11.4 Å². The van der Waals surface area contributed by atoms with E-state index in [0.717, 1.165) is 0 Å². The zero-order valence-corrected chi connectivity index (χ0v) is 13.2. The molecule has 0 fully saturated rings. The molecule has 0 aliphatic carbocycles. The SMILES string of the molecule is COC(=O)c1ccc(C(=O)Nc2c(C(N)=O)oc3ccccc23)cc1. The molecule has 7 heteroatoms. The number of fused-ring (bicyclic) bond motifs is 1. The van der Waals surface area contributed by atoms with Crippen LogP contribution in [0.15, 0.2) is 52.9 Å². The van der Waals surface area contributed by atoms with Crippen LogP contribution in [-0.4, -0.2) is 24.9 Å². The Morgan fingerprint density at radius 3 is 2.28 bits per heavy atom. The fraction of sp³-hybridized carbons (Fsp3) is 0.0556. The number of para-hydroxylation sites is 1. The first kappa shape index (κ1) is 16.3. The monoisotopic (exact) mass is 338 g/mol. The molecule has 0 aliphatic heterocycles. The quantitative estimate of drug-likeness (QED) is 0.710. The molecule has 0 unspecified atom stereocenters. The normalized spacial score (nSPS) is 10.4. The van der Waals surface area contributed by atoms with Gasteiger partial charge in [-0.25, -0.2) is 4.79 Å². The van der Waals surface area contributed by atoms with Crippen molar-refractivity contribution in [2.24, 2.45) is 5.73 Å². The Bertz CT molecular complexity index is 973. The third-order valence-corrected chi connectivity index (χ3v) is 3.63. The highest BCUT2D eigenvalue weighted by Crippen LogP contribution is 2.30. The number of hydrogen-bond donors (Lipinski definition) is 2. The van der Waals surface area contributed by atoms with E-state index in [1.54, 1.807) is 24.3 Å². The number of rotatable bonds is 4. The van der Waals surface area contributed by atoms with Crippen molar-refractivity contribution in [1.82, 2.24) is 0 Å². The Labute approximate surface area is 142 Å². The fourth-order valence-electron chi connectivity index (χ4n) is 2.40. The van der Waals surface area contributed by atoms with Crippen LogP contribution in [0.3, 0.4) is 0 Å². The lowest BCUT2D eigenvalue weighted by molar-refractivity contribution is 0.0600. The van der Waals surface area contributed by atoms with Gasteiger partial charge in [0.25, 0.3) is 11.8 Å². The Kier molecular flexibility index (Phi) is 4.21. The maximum atomic E-state index is 12.5. The van der Waals surface area contributed by atoms with Gasteiger partial charge in [0.1, 0.15) is 11.3 Å². The number of benzene rings is 2. The number of hydrogen-bond acceptors (Lipinski definition) is 5. The first-order valence-corrected chi connectivity index (χ1v) is 7.32. The van der Waals surface area contributed by atoms with Gasteiger partial charge in [-0.05, 0) is 36.4 Å². The molecule has 0 radical (unpaired) electrons. The van der Waals surface area contributed by atoms with E-state index in [2.05, 4.69) is 10.1 Å². The number of furan rings is 1. The van der Waals surface area contributed by atoms with E-state index in [1.807, 2.05) is 0 Å². The van der Waals surface area contributed by atoms with E-state index < -0.39 is 17.8 Å². The Morgan fingerprint density at radius 1 is 1.00 bits per heavy atom. The second kappa shape index (κ2) is 6.48. The highest BCUT2D eigenvalue weighted by Gasteiger charge is 2.20. The summed E-state index contributed by atoms with van der Waals surface area (Å²) in [5, 5.41) is 3.21. The second-order valence-corrected chi connectivity index (χ2v) is 5.19. The fourth-order valence-corrected chi connectivity index (χ4v) is 2.40. The predicted octanol–water partition coefficient (Wildman–Crippen LogP) is 2.57. The number of anilines is 1. The van der Waals surface area contributed by atoms with Crippen LogP contribution in [0, 0.1) is 0 Å². The molecule has 7 nitrogen and oxygen atoms in total. The Balaban J connectivity index is 1.93. The van der Waals surface area contributed by atoms with Crippen molar-refractivity contribution in [1.29, 1.82) is 0 Å². The summed E-state index contributed by atoms with van der Waals surface area (Å²) >= 11 is 0. The van der Waals surface area contributed by atoms with Crippen LogP contribution >= 0.6 is 0 Å². The van der Waals surface area contributed by atoms with Crippen LogP contribution in [0.25, 0.3) is 11.0 Å². The largest absolute Gasteiger partial charge is 0.465 e. The summed E-state index contributed by atoms with van der Waals surface area (Å²) < 4.78 is 10.0. The van der Waals surface area contributed by atoms with Gasteiger partial charge in [0.15, 0.2) is 0 Å². The summed E-state index contributed by atoms with van der Waals surface area (Å²) in [7, 11) is 1.28. The first-order valence-electron chi connectivity index (χ1n) is 7.32. The molecule has 2 aromatic carbocycles. The molecule has 0 saturated heterocycles. The Morgan fingerprint density at radius 2 is 1.64 bits per heavy atom. The number of carbonyl (C=O) groups excluding carboxylic acids is 3. The summed E-state index contributed by atoms with van der Waals surface area (Å²) in [6, 6.07) is 12.8. The van der Waals surface area contributed by atoms with Crippen LogP contribution in [0.1, 0.15) is 31.3 Å². The van der Waals surface area contributed by atoms with Crippen LogP contribution in [0.5, 0.6) is 0 Å². The molecule has 25 heavy (non-hydrogen) atoms. The minimum atomic E-state index is -0.785. The number of amides is 2. The number of primary amides is 1. The highest BCUT2D eigenvalue weighted by atomic mass is 16.5. The van der Waals surface area contributed by atoms with Gasteiger partial charge in [-0.3, -0.25) is 9.59 Å². The maximum Gasteiger partial charge on any atom is 0.337 e. The van der Waals surface area contributed by atoms with Crippen molar-refractivity contribution in [2.75, 3.05) is 12.4 Å². The average molecular weight is 338 g/mol. The molecule has 3 rings (SSSR count). The van der Waals surface area contributed by atoms with Crippen molar-refractivity contribution in [3.05, 3.63) is 65.4 Å². The number of ether oxygens (including phenoxy) is 1. The zero-order chi connectivity index (χ0) is 18.0. The molecule has 126 valence electrons. The van der Waals surface area contributed by atoms with E-state index in [0.29, 0.717) is 22.1 Å². The smallest absolute Gasteiger partial charge is 0.337 e. The lowest BCUT2D eigenvalue weighted by Crippen LogP contribution is -2.17. The third-order valence-electron chi connectivity index (χ3n) is 3.63. The third kappa shape index (κ3) is 3.07. The van der Waals surface area contributed by atoms with Gasteiger partial charge in [0.05, 0.1) is 12.7 Å². The molecule has 0 saturated carbocycles. The first-order chi connectivity index (χ1) is 12.0. The van der Waals surface area contributed by atoms with Crippen LogP contribution in [0.2, 0.25) is 0 Å². The highest BCUT2D eigenvalue weighted by molar-refractivity contribution is 6.14. The molecule has 3 aromatic rings. The van der Waals surface area contributed by atoms with E-state index >= 15 is 0 Å². The van der Waals surface area contributed by atoms with E-state index in [1.165, 1.54) is 31.4 Å². The molecule has 0 aliphatic rings. The minimum absolute atomic E-state index is 0.124. The molecule has 0 atom stereocenters. The number of nitrogens with one attached hydrogen (secondary N) is 1. The summed E-state index contributed by atoms with van der Waals surface area (Å²) in [5.41, 5.74) is 6.60. The van der Waals surface area contributed by atoms with Gasteiger partial charge in [-0.15, -0.1) is 0 Å². The molecule has 3 N–H and O–H groups in total. The van der Waals surface area contributed by atoms with Gasteiger partial charge in [0, 0.05) is 10.9 Å². The second-order valence-electron chi connectivity index (χ2n) is 5.19. The Hall–Kier alpha value is -3.61. The molecule has 0 spiro atoms. The standard InChI is InChI=1S/C18H14N2O5/c1-24-18(23)11-8-6-10(7-9-11)17(22)20-14-12-4-2-3-5-13(12)25-15(14)16(19)21/h2-9H,1H3,(H2,19,21)(H,20,22). The molecule has 0 bridgehead atoms. The van der Waals surface area contributed by atoms with Gasteiger partial charge in [-0.2, -0.15) is 0 Å². The van der Waals surface area contributed by atoms with Crippen LogP contribution < -0.4 is 11.1 Å². The van der Waals surface area contributed by atoms with Gasteiger partial charge < -0.3 is 20.2 Å². The number of esters is 1. The molecule has 2 amide bonds. The van der Waals surface area contributed by atoms with Crippen molar-refractivity contribution in [3.63, 3.8) is 0 Å². The lowest BCUT2D eigenvalue weighted by Gasteiger charge is -2.06.